The Bertz CT molecular complexity index is 1890. The van der Waals surface area contributed by atoms with Crippen LogP contribution in [-0.4, -0.2) is 63.5 Å². The van der Waals surface area contributed by atoms with Crippen LogP contribution in [0.3, 0.4) is 0 Å². The van der Waals surface area contributed by atoms with Gasteiger partial charge in [-0.3, -0.25) is 14.9 Å². The lowest BCUT2D eigenvalue weighted by Crippen LogP contribution is -2.44. The number of anilines is 3. The van der Waals surface area contributed by atoms with Crippen molar-refractivity contribution in [3.8, 4) is 11.3 Å². The number of piperazine rings is 1. The minimum absolute atomic E-state index is 0.0582. The van der Waals surface area contributed by atoms with E-state index in [2.05, 4.69) is 9.97 Å². The zero-order valence-electron chi connectivity index (χ0n) is 23.0. The van der Waals surface area contributed by atoms with E-state index < -0.39 is 17.8 Å². The first-order valence-electron chi connectivity index (χ1n) is 13.7. The number of hydrogen-bond acceptors (Lipinski definition) is 6. The van der Waals surface area contributed by atoms with Gasteiger partial charge in [-0.05, 0) is 54.2 Å². The van der Waals surface area contributed by atoms with Gasteiger partial charge in [0.2, 0.25) is 0 Å². The van der Waals surface area contributed by atoms with E-state index in [0.29, 0.717) is 54.2 Å². The molecule has 2 aromatic carbocycles. The molecule has 12 heteroatoms. The number of halogens is 4. The number of alkyl halides is 3. The highest BCUT2D eigenvalue weighted by Crippen LogP contribution is 2.44. The molecular formula is C31H25ClF3N7O. The van der Waals surface area contributed by atoms with Crippen LogP contribution in [-0.2, 0) is 12.7 Å². The second-order valence-electron chi connectivity index (χ2n) is 10.7. The van der Waals surface area contributed by atoms with Crippen molar-refractivity contribution >= 4 is 56.8 Å². The molecule has 2 aliphatic heterocycles. The Hall–Kier alpha value is -4.48. The molecule has 0 radical (unpaired) electrons. The molecule has 1 saturated heterocycles. The maximum absolute atomic E-state index is 14.5. The minimum atomic E-state index is -4.65. The van der Waals surface area contributed by atoms with Crippen LogP contribution in [0.25, 0.3) is 33.2 Å². The molecule has 0 spiro atoms. The van der Waals surface area contributed by atoms with Crippen molar-refractivity contribution in [3.63, 3.8) is 0 Å². The normalized spacial score (nSPS) is 16.3. The van der Waals surface area contributed by atoms with E-state index in [9.17, 15) is 18.0 Å². The van der Waals surface area contributed by atoms with Gasteiger partial charge in [0.1, 0.15) is 5.52 Å². The number of carbonyl (C=O) groups is 1. The Balaban J connectivity index is 1.38. The number of urea groups is 1. The number of pyridine rings is 3. The van der Waals surface area contributed by atoms with Gasteiger partial charge in [0.25, 0.3) is 0 Å². The van der Waals surface area contributed by atoms with E-state index in [1.807, 2.05) is 36.4 Å². The van der Waals surface area contributed by atoms with Crippen LogP contribution in [0.15, 0.2) is 73.1 Å². The van der Waals surface area contributed by atoms with Gasteiger partial charge in [0.05, 0.1) is 40.2 Å². The number of benzene rings is 2. The van der Waals surface area contributed by atoms with Crippen LogP contribution >= 0.6 is 11.8 Å². The van der Waals surface area contributed by atoms with E-state index in [0.717, 1.165) is 22.5 Å². The quantitative estimate of drug-likeness (QED) is 0.210. The van der Waals surface area contributed by atoms with Crippen molar-refractivity contribution in [2.24, 2.45) is 0 Å². The first kappa shape index (κ1) is 27.4. The van der Waals surface area contributed by atoms with Gasteiger partial charge in [0, 0.05) is 67.8 Å². The highest BCUT2D eigenvalue weighted by atomic mass is 35.5. The number of aromatic nitrogens is 3. The maximum Gasteiger partial charge on any atom is 0.418 e. The van der Waals surface area contributed by atoms with Gasteiger partial charge in [-0.2, -0.15) is 13.2 Å². The van der Waals surface area contributed by atoms with Crippen LogP contribution in [0.4, 0.5) is 35.0 Å². The lowest BCUT2D eigenvalue weighted by molar-refractivity contribution is -0.137. The third-order valence-electron chi connectivity index (χ3n) is 7.91. The number of hydrogen-bond donors (Lipinski definition) is 0. The Morgan fingerprint density at radius 3 is 2.44 bits per heavy atom. The van der Waals surface area contributed by atoms with Crippen molar-refractivity contribution < 1.29 is 18.0 Å². The predicted octanol–water partition coefficient (Wildman–Crippen LogP) is 6.84. The number of para-hydroxylation sites is 1. The van der Waals surface area contributed by atoms with Gasteiger partial charge in [-0.15, -0.1) is 0 Å². The van der Waals surface area contributed by atoms with Crippen molar-refractivity contribution in [1.82, 2.24) is 24.3 Å². The van der Waals surface area contributed by atoms with E-state index >= 15 is 0 Å². The van der Waals surface area contributed by atoms with Crippen LogP contribution in [0.5, 0.6) is 0 Å². The fourth-order valence-corrected chi connectivity index (χ4v) is 5.90. The summed E-state index contributed by atoms with van der Waals surface area (Å²) in [7, 11) is 1.61. The number of carbonyl (C=O) groups excluding carboxylic acids is 1. The van der Waals surface area contributed by atoms with Crippen LogP contribution in [0.2, 0.25) is 0 Å². The maximum atomic E-state index is 14.5. The Morgan fingerprint density at radius 1 is 0.884 bits per heavy atom. The van der Waals surface area contributed by atoms with Crippen LogP contribution < -0.4 is 9.80 Å². The summed E-state index contributed by atoms with van der Waals surface area (Å²) < 4.78 is 45.1. The second-order valence-corrected chi connectivity index (χ2v) is 11.2. The van der Waals surface area contributed by atoms with Gasteiger partial charge >= 0.3 is 12.2 Å². The van der Waals surface area contributed by atoms with Gasteiger partial charge in [-0.25, -0.2) is 14.2 Å². The minimum Gasteiger partial charge on any atom is -0.368 e. The third-order valence-corrected chi connectivity index (χ3v) is 8.24. The molecule has 0 N–H and O–H groups in total. The van der Waals surface area contributed by atoms with Crippen molar-refractivity contribution in [1.29, 1.82) is 0 Å². The summed E-state index contributed by atoms with van der Waals surface area (Å²) >= 11 is 6.05. The smallest absolute Gasteiger partial charge is 0.368 e. The summed E-state index contributed by atoms with van der Waals surface area (Å²) in [5.74, 6) is 0. The van der Waals surface area contributed by atoms with Crippen molar-refractivity contribution in [2.45, 2.75) is 12.7 Å². The molecule has 7 rings (SSSR count). The topological polar surface area (TPSA) is 68.7 Å². The summed E-state index contributed by atoms with van der Waals surface area (Å²) in [6.45, 7) is 1.82. The molecule has 0 unspecified atom stereocenters. The van der Waals surface area contributed by atoms with Gasteiger partial charge in [-0.1, -0.05) is 18.2 Å². The summed E-state index contributed by atoms with van der Waals surface area (Å²) in [5, 5.41) is 0.945. The molecule has 2 amide bonds. The third kappa shape index (κ3) is 4.88. The molecule has 0 atom stereocenters. The molecule has 218 valence electrons. The van der Waals surface area contributed by atoms with E-state index in [1.54, 1.807) is 40.9 Å². The fourth-order valence-electron chi connectivity index (χ4n) is 5.75. The standard InChI is InChI=1S/C31H25ClF3N7O/c1-39-18-21-17-37-26-8-7-25(20-14-19-4-2-3-5-24(19)36-16-20)38-28(26)29(21)42(30(39)43)22-6-9-27(23(15-22)31(33,34)35)40-10-12-41(32)13-11-40/h2-9,14-17H,10-13,18H2,1H3. The van der Waals surface area contributed by atoms with Gasteiger partial charge in [0.15, 0.2) is 0 Å². The predicted molar refractivity (Wildman–Crippen MR) is 160 cm³/mol. The van der Waals surface area contributed by atoms with Crippen LogP contribution in [0.1, 0.15) is 11.1 Å². The molecule has 0 saturated carbocycles. The lowest BCUT2D eigenvalue weighted by Gasteiger charge is -2.37. The molecule has 8 nitrogen and oxygen atoms in total. The molecule has 1 fully saturated rings. The Morgan fingerprint density at radius 2 is 1.65 bits per heavy atom. The van der Waals surface area contributed by atoms with E-state index in [-0.39, 0.29) is 17.9 Å². The lowest BCUT2D eigenvalue weighted by atomic mass is 10.0. The van der Waals surface area contributed by atoms with Crippen molar-refractivity contribution in [3.05, 3.63) is 84.2 Å². The second kappa shape index (κ2) is 10.4. The monoisotopic (exact) mass is 603 g/mol. The SMILES string of the molecule is CN1Cc2cnc3ccc(-c4cnc5ccccc5c4)nc3c2N(c2ccc(N3CCN(Cl)CC3)c(C(F)(F)F)c2)C1=O. The summed E-state index contributed by atoms with van der Waals surface area (Å²) in [6.07, 6.45) is -1.27. The summed E-state index contributed by atoms with van der Waals surface area (Å²) in [5.41, 5.74) is 3.59. The number of fused-ring (bicyclic) bond motifs is 4. The zero-order valence-corrected chi connectivity index (χ0v) is 23.8. The van der Waals surface area contributed by atoms with E-state index in [4.69, 9.17) is 16.8 Å². The molecule has 3 aromatic heterocycles. The highest BCUT2D eigenvalue weighted by Gasteiger charge is 2.38. The molecular weight excluding hydrogens is 579 g/mol. The number of amides is 2. The Labute approximate surface area is 250 Å². The van der Waals surface area contributed by atoms with Gasteiger partial charge < -0.3 is 9.80 Å². The summed E-state index contributed by atoms with van der Waals surface area (Å²) in [4.78, 5) is 32.2. The average Bonchev–Trinajstić information content (AvgIpc) is 3.01. The molecule has 0 aliphatic carbocycles. The van der Waals surface area contributed by atoms with Crippen molar-refractivity contribution in [2.75, 3.05) is 43.0 Å². The number of nitrogens with zero attached hydrogens (tertiary/aromatic N) is 7. The number of rotatable bonds is 3. The van der Waals surface area contributed by atoms with Crippen LogP contribution in [0, 0.1) is 0 Å². The molecule has 5 heterocycles. The molecule has 2 aliphatic rings. The first-order valence-corrected chi connectivity index (χ1v) is 14.1. The highest BCUT2D eigenvalue weighted by molar-refractivity contribution is 6.13. The molecule has 0 bridgehead atoms. The zero-order chi connectivity index (χ0) is 29.9. The fraction of sp³-hybridized carbons (Fsp3) is 0.226. The largest absolute Gasteiger partial charge is 0.418 e. The summed E-state index contributed by atoms with van der Waals surface area (Å²) in [6, 6.07) is 16.9. The van der Waals surface area contributed by atoms with E-state index in [1.165, 1.54) is 15.9 Å². The molecule has 5 aromatic rings. The average molecular weight is 604 g/mol. The first-order chi connectivity index (χ1) is 20.7. The Kier molecular flexibility index (Phi) is 6.59. The molecule has 43 heavy (non-hydrogen) atoms.